The first-order valence-corrected chi connectivity index (χ1v) is 9.92. The van der Waals surface area contributed by atoms with Gasteiger partial charge in [0.1, 0.15) is 18.1 Å². The van der Waals surface area contributed by atoms with E-state index in [0.29, 0.717) is 0 Å². The molecule has 0 aliphatic carbocycles. The molecule has 0 aromatic heterocycles. The number of hydrogen-bond donors (Lipinski definition) is 8. The fourth-order valence-corrected chi connectivity index (χ4v) is 2.66. The molecule has 0 saturated carbocycles. The first-order valence-electron chi connectivity index (χ1n) is 9.28. The Hall–Kier alpha value is -2.87. The van der Waals surface area contributed by atoms with Gasteiger partial charge in [-0.15, -0.1) is 0 Å². The number of carboxylic acids is 2. The lowest BCUT2D eigenvalue weighted by atomic mass is 10.0. The van der Waals surface area contributed by atoms with Gasteiger partial charge in [-0.25, -0.2) is 4.79 Å². The number of amides is 4. The van der Waals surface area contributed by atoms with E-state index in [1.165, 1.54) is 0 Å². The number of carbonyl (C=O) groups excluding carboxylic acids is 4. The monoisotopic (exact) mass is 463 g/mol. The van der Waals surface area contributed by atoms with Gasteiger partial charge in [-0.1, -0.05) is 13.8 Å². The molecule has 4 unspecified atom stereocenters. The summed E-state index contributed by atoms with van der Waals surface area (Å²) in [4.78, 5) is 69.9. The molecular weight excluding hydrogens is 434 g/mol. The van der Waals surface area contributed by atoms with Gasteiger partial charge in [-0.3, -0.25) is 24.0 Å². The Balaban J connectivity index is 5.29. The van der Waals surface area contributed by atoms with Crippen molar-refractivity contribution in [1.82, 2.24) is 16.0 Å². The molecule has 0 bridgehead atoms. The van der Waals surface area contributed by atoms with E-state index >= 15 is 0 Å². The van der Waals surface area contributed by atoms with Gasteiger partial charge in [0.15, 0.2) is 0 Å². The van der Waals surface area contributed by atoms with Crippen molar-refractivity contribution in [2.75, 3.05) is 5.75 Å². The van der Waals surface area contributed by atoms with Crippen LogP contribution in [0.5, 0.6) is 0 Å². The zero-order chi connectivity index (χ0) is 24.3. The van der Waals surface area contributed by atoms with Gasteiger partial charge in [0.25, 0.3) is 0 Å². The topological polar surface area (TPSA) is 231 Å². The molecule has 0 heterocycles. The zero-order valence-electron chi connectivity index (χ0n) is 17.2. The molecule has 0 fully saturated rings. The van der Waals surface area contributed by atoms with Gasteiger partial charge >= 0.3 is 11.9 Å². The molecule has 0 saturated heterocycles. The van der Waals surface area contributed by atoms with Crippen molar-refractivity contribution in [3.63, 3.8) is 0 Å². The smallest absolute Gasteiger partial charge is 0.326 e. The summed E-state index contributed by atoms with van der Waals surface area (Å²) in [5, 5.41) is 24.6. The van der Waals surface area contributed by atoms with Crippen LogP contribution in [0, 0.1) is 5.92 Å². The van der Waals surface area contributed by atoms with E-state index in [-0.39, 0.29) is 18.1 Å². The first-order chi connectivity index (χ1) is 14.3. The van der Waals surface area contributed by atoms with Crippen molar-refractivity contribution in [2.45, 2.75) is 57.3 Å². The van der Waals surface area contributed by atoms with Crippen molar-refractivity contribution in [3.8, 4) is 0 Å². The second kappa shape index (κ2) is 13.4. The minimum atomic E-state index is -1.69. The highest BCUT2D eigenvalue weighted by Crippen LogP contribution is 2.07. The lowest BCUT2D eigenvalue weighted by Crippen LogP contribution is -2.58. The average Bonchev–Trinajstić information content (AvgIpc) is 2.62. The van der Waals surface area contributed by atoms with Gasteiger partial charge < -0.3 is 37.6 Å². The van der Waals surface area contributed by atoms with E-state index in [1.807, 2.05) is 0 Å². The number of nitrogens with two attached hydrogens (primary N) is 2. The molecule has 0 rings (SSSR count). The van der Waals surface area contributed by atoms with E-state index in [4.69, 9.17) is 21.7 Å². The molecule has 31 heavy (non-hydrogen) atoms. The van der Waals surface area contributed by atoms with Gasteiger partial charge in [-0.2, -0.15) is 12.6 Å². The number of carboxylic acid groups (broad SMARTS) is 2. The van der Waals surface area contributed by atoms with E-state index < -0.39 is 72.6 Å². The van der Waals surface area contributed by atoms with E-state index in [0.717, 1.165) is 0 Å². The fraction of sp³-hybridized carbons (Fsp3) is 0.647. The standard InChI is InChI=1S/C17H29N5O8S/c1-7(2)3-9(15(27)21-10(17(29)30)5-13(24)25)20-16(28)11(6-31)22-14(26)8(18)4-12(19)23/h7-11,31H,3-6,18H2,1-2H3,(H2,19,23)(H,20,28)(H,21,27)(H,22,26)(H,24,25)(H,29,30). The molecule has 0 aromatic carbocycles. The Morgan fingerprint density at radius 2 is 1.32 bits per heavy atom. The second-order valence-electron chi connectivity index (χ2n) is 7.21. The summed E-state index contributed by atoms with van der Waals surface area (Å²) >= 11 is 3.98. The van der Waals surface area contributed by atoms with Crippen molar-refractivity contribution in [2.24, 2.45) is 17.4 Å². The molecule has 14 heteroatoms. The highest BCUT2D eigenvalue weighted by Gasteiger charge is 2.31. The number of thiol groups is 1. The lowest BCUT2D eigenvalue weighted by Gasteiger charge is -2.25. The normalized spacial score (nSPS) is 14.6. The number of carbonyl (C=O) groups is 6. The summed E-state index contributed by atoms with van der Waals surface area (Å²) < 4.78 is 0. The van der Waals surface area contributed by atoms with E-state index in [2.05, 4.69) is 28.6 Å². The maximum absolute atomic E-state index is 12.6. The third kappa shape index (κ3) is 11.2. The Kier molecular flexibility index (Phi) is 12.2. The summed E-state index contributed by atoms with van der Waals surface area (Å²) in [7, 11) is 0. The van der Waals surface area contributed by atoms with Gasteiger partial charge in [0.2, 0.25) is 23.6 Å². The van der Waals surface area contributed by atoms with Crippen LogP contribution in [0.2, 0.25) is 0 Å². The molecule has 0 aliphatic rings. The van der Waals surface area contributed by atoms with Crippen molar-refractivity contribution >= 4 is 48.2 Å². The molecule has 0 spiro atoms. The fourth-order valence-electron chi connectivity index (χ4n) is 2.40. The van der Waals surface area contributed by atoms with Crippen LogP contribution >= 0.6 is 12.6 Å². The quantitative estimate of drug-likeness (QED) is 0.124. The van der Waals surface area contributed by atoms with E-state index in [1.54, 1.807) is 13.8 Å². The highest BCUT2D eigenvalue weighted by atomic mass is 32.1. The van der Waals surface area contributed by atoms with Crippen molar-refractivity contribution in [1.29, 1.82) is 0 Å². The zero-order valence-corrected chi connectivity index (χ0v) is 18.1. The van der Waals surface area contributed by atoms with Crippen LogP contribution in [0.4, 0.5) is 0 Å². The van der Waals surface area contributed by atoms with Gasteiger partial charge in [0, 0.05) is 5.75 Å². The second-order valence-corrected chi connectivity index (χ2v) is 7.57. The summed E-state index contributed by atoms with van der Waals surface area (Å²) in [5.41, 5.74) is 10.5. The Morgan fingerprint density at radius 1 is 0.839 bits per heavy atom. The van der Waals surface area contributed by atoms with Crippen LogP contribution in [0.1, 0.15) is 33.1 Å². The maximum Gasteiger partial charge on any atom is 0.326 e. The predicted molar refractivity (Wildman–Crippen MR) is 111 cm³/mol. The third-order valence-electron chi connectivity index (χ3n) is 3.91. The summed E-state index contributed by atoms with van der Waals surface area (Å²) in [6.07, 6.45) is -1.19. The average molecular weight is 464 g/mol. The van der Waals surface area contributed by atoms with E-state index in [9.17, 15) is 28.8 Å². The largest absolute Gasteiger partial charge is 0.481 e. The molecule has 4 amide bonds. The Bertz CT molecular complexity index is 702. The molecular formula is C17H29N5O8S. The molecule has 13 nitrogen and oxygen atoms in total. The minimum absolute atomic E-state index is 0.103. The SMILES string of the molecule is CC(C)CC(NC(=O)C(CS)NC(=O)C(N)CC(N)=O)C(=O)NC(CC(=O)O)C(=O)O. The molecule has 0 aliphatic heterocycles. The van der Waals surface area contributed by atoms with Crippen molar-refractivity contribution in [3.05, 3.63) is 0 Å². The predicted octanol–water partition coefficient (Wildman–Crippen LogP) is -2.82. The van der Waals surface area contributed by atoms with Crippen LogP contribution < -0.4 is 27.4 Å². The Morgan fingerprint density at radius 3 is 1.74 bits per heavy atom. The molecule has 9 N–H and O–H groups in total. The summed E-state index contributed by atoms with van der Waals surface area (Å²) in [6.45, 7) is 3.50. The maximum atomic E-state index is 12.6. The summed E-state index contributed by atoms with van der Waals surface area (Å²) in [6, 6.07) is -5.40. The molecule has 0 aromatic rings. The third-order valence-corrected chi connectivity index (χ3v) is 4.27. The van der Waals surface area contributed by atoms with Crippen LogP contribution in [0.25, 0.3) is 0 Å². The van der Waals surface area contributed by atoms with Crippen LogP contribution in [0.15, 0.2) is 0 Å². The number of aliphatic carboxylic acids is 2. The minimum Gasteiger partial charge on any atom is -0.481 e. The summed E-state index contributed by atoms with van der Waals surface area (Å²) in [5.74, 6) is -6.59. The molecule has 4 atom stereocenters. The molecule has 0 radical (unpaired) electrons. The molecule has 176 valence electrons. The van der Waals surface area contributed by atoms with Crippen molar-refractivity contribution < 1.29 is 39.0 Å². The van der Waals surface area contributed by atoms with Crippen LogP contribution in [-0.2, 0) is 28.8 Å². The lowest BCUT2D eigenvalue weighted by molar-refractivity contribution is -0.147. The van der Waals surface area contributed by atoms with Crippen LogP contribution in [0.3, 0.4) is 0 Å². The number of nitrogens with one attached hydrogen (secondary N) is 3. The first kappa shape index (κ1) is 28.1. The number of hydrogen-bond acceptors (Lipinski definition) is 8. The van der Waals surface area contributed by atoms with Gasteiger partial charge in [0.05, 0.1) is 18.9 Å². The van der Waals surface area contributed by atoms with Crippen LogP contribution in [-0.4, -0.2) is 75.7 Å². The number of rotatable bonds is 14. The van der Waals surface area contributed by atoms with Gasteiger partial charge in [-0.05, 0) is 12.3 Å². The number of primary amides is 1. The highest BCUT2D eigenvalue weighted by molar-refractivity contribution is 7.80. The Labute approximate surface area is 184 Å².